The second kappa shape index (κ2) is 7.26. The molecule has 0 radical (unpaired) electrons. The predicted molar refractivity (Wildman–Crippen MR) is 67.2 cm³/mol. The molecule has 15 heavy (non-hydrogen) atoms. The molecule has 1 aliphatic carbocycles. The maximum atomic E-state index is 11.9. The predicted octanol–water partition coefficient (Wildman–Crippen LogP) is 3.25. The van der Waals surface area contributed by atoms with Crippen LogP contribution in [0.3, 0.4) is 0 Å². The van der Waals surface area contributed by atoms with Crippen LogP contribution in [0.1, 0.15) is 51.9 Å². The molecule has 1 rings (SSSR count). The van der Waals surface area contributed by atoms with Crippen molar-refractivity contribution in [2.24, 2.45) is 5.92 Å². The topological polar surface area (TPSA) is 29.1 Å². The van der Waals surface area contributed by atoms with Gasteiger partial charge >= 0.3 is 0 Å². The van der Waals surface area contributed by atoms with Crippen LogP contribution in [-0.4, -0.2) is 17.3 Å². The van der Waals surface area contributed by atoms with Gasteiger partial charge in [0.05, 0.1) is 0 Å². The third-order valence-corrected chi connectivity index (χ3v) is 4.07. The lowest BCUT2D eigenvalue weighted by molar-refractivity contribution is -0.126. The van der Waals surface area contributed by atoms with Crippen LogP contribution >= 0.6 is 15.9 Å². The average molecular weight is 276 g/mol. The fourth-order valence-electron chi connectivity index (χ4n) is 2.12. The summed E-state index contributed by atoms with van der Waals surface area (Å²) in [5.41, 5.74) is 0. The maximum absolute atomic E-state index is 11.9. The van der Waals surface area contributed by atoms with Crippen molar-refractivity contribution in [2.45, 2.75) is 57.9 Å². The molecule has 0 saturated heterocycles. The standard InChI is InChI=1S/C12H22BrNO/c1-10(9-13)14-12(15)11-7-5-3-2-4-6-8-11/h10-11H,2-9H2,1H3,(H,14,15). The summed E-state index contributed by atoms with van der Waals surface area (Å²) in [7, 11) is 0. The van der Waals surface area contributed by atoms with Crippen molar-refractivity contribution in [1.82, 2.24) is 5.32 Å². The Kier molecular flexibility index (Phi) is 6.30. The number of alkyl halides is 1. The molecule has 0 aliphatic heterocycles. The van der Waals surface area contributed by atoms with Crippen molar-refractivity contribution in [3.05, 3.63) is 0 Å². The van der Waals surface area contributed by atoms with E-state index in [0.717, 1.165) is 18.2 Å². The molecular weight excluding hydrogens is 254 g/mol. The van der Waals surface area contributed by atoms with Crippen molar-refractivity contribution >= 4 is 21.8 Å². The zero-order chi connectivity index (χ0) is 11.1. The van der Waals surface area contributed by atoms with Crippen LogP contribution < -0.4 is 5.32 Å². The van der Waals surface area contributed by atoms with Gasteiger partial charge in [0.25, 0.3) is 0 Å². The zero-order valence-corrected chi connectivity index (χ0v) is 11.2. The molecule has 88 valence electrons. The van der Waals surface area contributed by atoms with E-state index in [2.05, 4.69) is 21.2 Å². The van der Waals surface area contributed by atoms with Crippen LogP contribution in [0.4, 0.5) is 0 Å². The zero-order valence-electron chi connectivity index (χ0n) is 9.60. The van der Waals surface area contributed by atoms with Gasteiger partial charge in [-0.15, -0.1) is 0 Å². The van der Waals surface area contributed by atoms with E-state index >= 15 is 0 Å². The molecule has 1 N–H and O–H groups in total. The number of halogens is 1. The Morgan fingerprint density at radius 1 is 1.27 bits per heavy atom. The molecule has 1 saturated carbocycles. The molecule has 1 aliphatic rings. The van der Waals surface area contributed by atoms with Gasteiger partial charge in [-0.25, -0.2) is 0 Å². The molecule has 0 bridgehead atoms. The highest BCUT2D eigenvalue weighted by Gasteiger charge is 2.20. The van der Waals surface area contributed by atoms with Crippen LogP contribution in [0.15, 0.2) is 0 Å². The Morgan fingerprint density at radius 2 is 1.80 bits per heavy atom. The fraction of sp³-hybridized carbons (Fsp3) is 0.917. The van der Waals surface area contributed by atoms with Crippen molar-refractivity contribution < 1.29 is 4.79 Å². The normalized spacial score (nSPS) is 21.5. The monoisotopic (exact) mass is 275 g/mol. The molecule has 0 spiro atoms. The lowest BCUT2D eigenvalue weighted by Crippen LogP contribution is -2.38. The quantitative estimate of drug-likeness (QED) is 0.788. The lowest BCUT2D eigenvalue weighted by atomic mass is 9.90. The van der Waals surface area contributed by atoms with E-state index in [9.17, 15) is 4.79 Å². The largest absolute Gasteiger partial charge is 0.353 e. The Bertz CT molecular complexity index is 188. The Balaban J connectivity index is 2.34. The summed E-state index contributed by atoms with van der Waals surface area (Å²) in [6.45, 7) is 2.04. The number of nitrogens with one attached hydrogen (secondary N) is 1. The first kappa shape index (κ1) is 13.0. The SMILES string of the molecule is CC(CBr)NC(=O)C1CCCCCCC1. The molecule has 0 aromatic carbocycles. The molecule has 0 heterocycles. The smallest absolute Gasteiger partial charge is 0.223 e. The van der Waals surface area contributed by atoms with E-state index in [-0.39, 0.29) is 17.9 Å². The number of amides is 1. The molecule has 0 aromatic rings. The summed E-state index contributed by atoms with van der Waals surface area (Å²) in [6.07, 6.45) is 8.57. The minimum Gasteiger partial charge on any atom is -0.353 e. The fourth-order valence-corrected chi connectivity index (χ4v) is 2.28. The van der Waals surface area contributed by atoms with Gasteiger partial charge in [0, 0.05) is 17.3 Å². The number of rotatable bonds is 3. The second-order valence-corrected chi connectivity index (χ2v) is 5.25. The molecule has 1 amide bonds. The summed E-state index contributed by atoms with van der Waals surface area (Å²) >= 11 is 3.38. The highest BCUT2D eigenvalue weighted by atomic mass is 79.9. The molecule has 1 fully saturated rings. The third-order valence-electron chi connectivity index (χ3n) is 3.10. The molecule has 1 atom stereocenters. The number of carbonyl (C=O) groups excluding carboxylic acids is 1. The van der Waals surface area contributed by atoms with Gasteiger partial charge in [-0.1, -0.05) is 48.0 Å². The van der Waals surface area contributed by atoms with E-state index < -0.39 is 0 Å². The van der Waals surface area contributed by atoms with Gasteiger partial charge in [0.15, 0.2) is 0 Å². The van der Waals surface area contributed by atoms with Crippen molar-refractivity contribution in [1.29, 1.82) is 0 Å². The van der Waals surface area contributed by atoms with E-state index in [4.69, 9.17) is 0 Å². The van der Waals surface area contributed by atoms with E-state index in [1.165, 1.54) is 32.1 Å². The average Bonchev–Trinajstić information content (AvgIpc) is 2.16. The van der Waals surface area contributed by atoms with E-state index in [1.54, 1.807) is 0 Å². The number of hydrogen-bond acceptors (Lipinski definition) is 1. The van der Waals surface area contributed by atoms with Crippen LogP contribution in [0, 0.1) is 5.92 Å². The summed E-state index contributed by atoms with van der Waals surface area (Å²) in [5, 5.41) is 3.90. The van der Waals surface area contributed by atoms with Crippen molar-refractivity contribution in [3.63, 3.8) is 0 Å². The summed E-state index contributed by atoms with van der Waals surface area (Å²) < 4.78 is 0. The molecular formula is C12H22BrNO. The molecule has 0 aromatic heterocycles. The summed E-state index contributed by atoms with van der Waals surface area (Å²) in [6, 6.07) is 0.253. The number of carbonyl (C=O) groups is 1. The summed E-state index contributed by atoms with van der Waals surface area (Å²) in [4.78, 5) is 11.9. The highest BCUT2D eigenvalue weighted by molar-refractivity contribution is 9.09. The Labute approximate surface area is 101 Å². The second-order valence-electron chi connectivity index (χ2n) is 4.61. The Morgan fingerprint density at radius 3 is 2.33 bits per heavy atom. The Hall–Kier alpha value is -0.0500. The molecule has 1 unspecified atom stereocenters. The van der Waals surface area contributed by atoms with Crippen LogP contribution in [0.25, 0.3) is 0 Å². The molecule has 3 heteroatoms. The first-order valence-electron chi connectivity index (χ1n) is 6.10. The highest BCUT2D eigenvalue weighted by Crippen LogP contribution is 2.22. The van der Waals surface area contributed by atoms with Gasteiger partial charge in [0.1, 0.15) is 0 Å². The van der Waals surface area contributed by atoms with Crippen LogP contribution in [0.5, 0.6) is 0 Å². The first-order chi connectivity index (χ1) is 7.24. The maximum Gasteiger partial charge on any atom is 0.223 e. The van der Waals surface area contributed by atoms with Gasteiger partial charge < -0.3 is 5.32 Å². The third kappa shape index (κ3) is 5.01. The number of hydrogen-bond donors (Lipinski definition) is 1. The first-order valence-corrected chi connectivity index (χ1v) is 7.22. The molecule has 2 nitrogen and oxygen atoms in total. The van der Waals surface area contributed by atoms with Gasteiger partial charge in [0.2, 0.25) is 5.91 Å². The van der Waals surface area contributed by atoms with E-state index in [0.29, 0.717) is 0 Å². The van der Waals surface area contributed by atoms with E-state index in [1.807, 2.05) is 6.92 Å². The summed E-state index contributed by atoms with van der Waals surface area (Å²) in [5.74, 6) is 0.538. The van der Waals surface area contributed by atoms with Crippen LogP contribution in [0.2, 0.25) is 0 Å². The van der Waals surface area contributed by atoms with Gasteiger partial charge in [-0.3, -0.25) is 4.79 Å². The van der Waals surface area contributed by atoms with Crippen molar-refractivity contribution in [2.75, 3.05) is 5.33 Å². The van der Waals surface area contributed by atoms with Crippen LogP contribution in [-0.2, 0) is 4.79 Å². The van der Waals surface area contributed by atoms with Gasteiger partial charge in [-0.05, 0) is 19.8 Å². The lowest BCUT2D eigenvalue weighted by Gasteiger charge is -2.21. The minimum absolute atomic E-state index is 0.253. The minimum atomic E-state index is 0.253. The van der Waals surface area contributed by atoms with Gasteiger partial charge in [-0.2, -0.15) is 0 Å². The van der Waals surface area contributed by atoms with Crippen molar-refractivity contribution in [3.8, 4) is 0 Å².